The maximum Gasteiger partial charge on any atom is 0.271 e. The number of benzene rings is 2. The van der Waals surface area contributed by atoms with Crippen molar-refractivity contribution >= 4 is 34.1 Å². The van der Waals surface area contributed by atoms with Gasteiger partial charge in [-0.2, -0.15) is 0 Å². The van der Waals surface area contributed by atoms with Crippen molar-refractivity contribution in [2.75, 3.05) is 7.11 Å². The molecule has 0 bridgehead atoms. The van der Waals surface area contributed by atoms with Gasteiger partial charge >= 0.3 is 0 Å². The lowest BCUT2D eigenvalue weighted by Gasteiger charge is -2.06. The van der Waals surface area contributed by atoms with E-state index in [1.165, 1.54) is 19.2 Å². The lowest BCUT2D eigenvalue weighted by Crippen LogP contribution is -2.05. The van der Waals surface area contributed by atoms with E-state index in [0.29, 0.717) is 22.2 Å². The Hall–Kier alpha value is -3.06. The molecule has 3 aromatic rings. The van der Waals surface area contributed by atoms with Gasteiger partial charge in [0, 0.05) is 0 Å². The number of aromatic hydroxyl groups is 2. The Balaban J connectivity index is 1.93. The Labute approximate surface area is 153 Å². The molecule has 0 fully saturated rings. The van der Waals surface area contributed by atoms with Crippen LogP contribution in [-0.4, -0.2) is 28.2 Å². The summed E-state index contributed by atoms with van der Waals surface area (Å²) >= 11 is 6.28. The maximum absolute atomic E-state index is 12.3. The third-order valence-corrected chi connectivity index (χ3v) is 4.43. The number of nitrogens with one attached hydrogen (secondary N) is 1. The molecule has 7 nitrogen and oxygen atoms in total. The van der Waals surface area contributed by atoms with Crippen molar-refractivity contribution in [1.29, 1.82) is 0 Å². The summed E-state index contributed by atoms with van der Waals surface area (Å²) in [7, 11) is 1.48. The van der Waals surface area contributed by atoms with Crippen LogP contribution in [0.5, 0.6) is 17.4 Å². The summed E-state index contributed by atoms with van der Waals surface area (Å²) < 4.78 is 5.16. The van der Waals surface area contributed by atoms with Crippen LogP contribution in [-0.2, 0) is 4.79 Å². The molecule has 8 heteroatoms. The number of aromatic amines is 1. The van der Waals surface area contributed by atoms with Crippen molar-refractivity contribution < 1.29 is 19.7 Å². The number of nitrogens with zero attached hydrogens (tertiary/aromatic N) is 2. The van der Waals surface area contributed by atoms with Gasteiger partial charge in [-0.1, -0.05) is 23.7 Å². The number of hydrogen-bond acceptors (Lipinski definition) is 5. The number of phenols is 1. The molecule has 0 spiro atoms. The second kappa shape index (κ2) is 7.05. The third-order valence-electron chi connectivity index (χ3n) is 4.05. The van der Waals surface area contributed by atoms with E-state index >= 15 is 0 Å². The fourth-order valence-corrected chi connectivity index (χ4v) is 2.88. The molecule has 3 rings (SSSR count). The van der Waals surface area contributed by atoms with Crippen molar-refractivity contribution in [3.05, 3.63) is 47.0 Å². The van der Waals surface area contributed by atoms with Crippen LogP contribution in [0, 0.1) is 0 Å². The van der Waals surface area contributed by atoms with Gasteiger partial charge in [0.2, 0.25) is 5.88 Å². The van der Waals surface area contributed by atoms with Crippen LogP contribution in [0.25, 0.3) is 10.9 Å². The van der Waals surface area contributed by atoms with Crippen molar-refractivity contribution in [2.24, 2.45) is 10.2 Å². The summed E-state index contributed by atoms with van der Waals surface area (Å²) in [6, 6.07) is 9.59. The lowest BCUT2D eigenvalue weighted by molar-refractivity contribution is -0.119. The van der Waals surface area contributed by atoms with E-state index in [0.717, 1.165) is 0 Å². The molecule has 3 N–H and O–H groups in total. The molecule has 2 aromatic carbocycles. The Morgan fingerprint density at radius 1 is 1.19 bits per heavy atom. The van der Waals surface area contributed by atoms with Crippen LogP contribution in [0.15, 0.2) is 46.6 Å². The SMILES string of the molecule is COc1ccc2[nH]c(O)c(N=NC(=O)C(C)c3ccc(O)cc3)c2c1Cl. The molecule has 0 aliphatic heterocycles. The molecule has 1 atom stereocenters. The molecule has 0 saturated carbocycles. The number of phenolic OH excluding ortho intramolecular Hbond substituents is 1. The summed E-state index contributed by atoms with van der Waals surface area (Å²) in [4.78, 5) is 15.0. The molecule has 1 amide bonds. The van der Waals surface area contributed by atoms with Crippen LogP contribution < -0.4 is 4.74 Å². The normalized spacial score (nSPS) is 12.6. The number of ether oxygens (including phenoxy) is 1. The van der Waals surface area contributed by atoms with Crippen molar-refractivity contribution in [2.45, 2.75) is 12.8 Å². The monoisotopic (exact) mass is 373 g/mol. The molecule has 0 radical (unpaired) electrons. The molecule has 26 heavy (non-hydrogen) atoms. The largest absolute Gasteiger partial charge is 0.508 e. The van der Waals surface area contributed by atoms with E-state index in [-0.39, 0.29) is 22.3 Å². The van der Waals surface area contributed by atoms with E-state index < -0.39 is 11.8 Å². The summed E-state index contributed by atoms with van der Waals surface area (Å²) in [6.45, 7) is 1.68. The Morgan fingerprint density at radius 3 is 2.54 bits per heavy atom. The van der Waals surface area contributed by atoms with Crippen LogP contribution in [0.2, 0.25) is 5.02 Å². The second-order valence-electron chi connectivity index (χ2n) is 5.68. The molecule has 134 valence electrons. The standard InChI is InChI=1S/C18H16ClN3O4/c1-9(10-3-5-11(23)6-4-10)17(24)22-21-16-14-12(20-18(16)25)7-8-13(26-2)15(14)19/h3-9,20,23,25H,1-2H3. The molecule has 1 heterocycles. The van der Waals surface area contributed by atoms with Crippen LogP contribution >= 0.6 is 11.6 Å². The molecule has 1 aromatic heterocycles. The molecular formula is C18H16ClN3O4. The van der Waals surface area contributed by atoms with Gasteiger partial charge in [-0.25, -0.2) is 0 Å². The Bertz CT molecular complexity index is 996. The van der Waals surface area contributed by atoms with Gasteiger partial charge in [0.05, 0.1) is 29.0 Å². The number of fused-ring (bicyclic) bond motifs is 1. The van der Waals surface area contributed by atoms with E-state index in [1.54, 1.807) is 31.2 Å². The first-order valence-corrected chi connectivity index (χ1v) is 8.11. The van der Waals surface area contributed by atoms with Crippen molar-refractivity contribution in [1.82, 2.24) is 4.98 Å². The minimum absolute atomic E-state index is 0.0650. The molecule has 0 saturated heterocycles. The van der Waals surface area contributed by atoms with Gasteiger partial charge < -0.3 is 19.9 Å². The first kappa shape index (κ1) is 17.8. The van der Waals surface area contributed by atoms with Gasteiger partial charge in [0.1, 0.15) is 11.5 Å². The predicted molar refractivity (Wildman–Crippen MR) is 97.6 cm³/mol. The van der Waals surface area contributed by atoms with Crippen molar-refractivity contribution in [3.63, 3.8) is 0 Å². The lowest BCUT2D eigenvalue weighted by atomic mass is 10.0. The Kier molecular flexibility index (Phi) is 4.81. The zero-order valence-corrected chi connectivity index (χ0v) is 14.8. The number of methoxy groups -OCH3 is 1. The van der Waals surface area contributed by atoms with Crippen LogP contribution in [0.3, 0.4) is 0 Å². The highest BCUT2D eigenvalue weighted by atomic mass is 35.5. The zero-order valence-electron chi connectivity index (χ0n) is 14.0. The number of halogens is 1. The average Bonchev–Trinajstić information content (AvgIpc) is 2.96. The van der Waals surface area contributed by atoms with E-state index in [2.05, 4.69) is 15.2 Å². The quantitative estimate of drug-likeness (QED) is 0.578. The third kappa shape index (κ3) is 3.21. The van der Waals surface area contributed by atoms with Gasteiger partial charge in [-0.05, 0) is 36.8 Å². The highest BCUT2D eigenvalue weighted by Crippen LogP contribution is 2.43. The number of hydrogen-bond donors (Lipinski definition) is 3. The van der Waals surface area contributed by atoms with Crippen molar-refractivity contribution in [3.8, 4) is 17.4 Å². The van der Waals surface area contributed by atoms with Gasteiger partial charge in [0.25, 0.3) is 5.91 Å². The van der Waals surface area contributed by atoms with Gasteiger partial charge in [-0.15, -0.1) is 10.2 Å². The molecule has 0 aliphatic rings. The fraction of sp³-hybridized carbons (Fsp3) is 0.167. The summed E-state index contributed by atoms with van der Waals surface area (Å²) in [6.07, 6.45) is 0. The van der Waals surface area contributed by atoms with Gasteiger partial charge in [0.15, 0.2) is 5.69 Å². The summed E-state index contributed by atoms with van der Waals surface area (Å²) in [5.41, 5.74) is 1.30. The minimum atomic E-state index is -0.559. The number of amides is 1. The summed E-state index contributed by atoms with van der Waals surface area (Å²) in [5.74, 6) is -0.773. The number of aromatic nitrogens is 1. The second-order valence-corrected chi connectivity index (χ2v) is 6.06. The van der Waals surface area contributed by atoms with Gasteiger partial charge in [-0.3, -0.25) is 4.79 Å². The number of carbonyl (C=O) groups is 1. The fourth-order valence-electron chi connectivity index (χ4n) is 2.54. The first-order valence-electron chi connectivity index (χ1n) is 7.74. The highest BCUT2D eigenvalue weighted by molar-refractivity contribution is 6.38. The first-order chi connectivity index (χ1) is 12.4. The minimum Gasteiger partial charge on any atom is -0.508 e. The average molecular weight is 374 g/mol. The molecular weight excluding hydrogens is 358 g/mol. The topological polar surface area (TPSA) is 107 Å². The maximum atomic E-state index is 12.3. The van der Waals surface area contributed by atoms with Crippen LogP contribution in [0.1, 0.15) is 18.4 Å². The smallest absolute Gasteiger partial charge is 0.271 e. The number of azo groups is 1. The van der Waals surface area contributed by atoms with E-state index in [1.807, 2.05) is 0 Å². The van der Waals surface area contributed by atoms with Crippen LogP contribution in [0.4, 0.5) is 5.69 Å². The van der Waals surface area contributed by atoms with E-state index in [4.69, 9.17) is 16.3 Å². The number of carbonyl (C=O) groups excluding carboxylic acids is 1. The molecule has 0 aliphatic carbocycles. The van der Waals surface area contributed by atoms with E-state index in [9.17, 15) is 15.0 Å². The predicted octanol–water partition coefficient (Wildman–Crippen LogP) is 4.66. The number of H-pyrrole nitrogens is 1. The summed E-state index contributed by atoms with van der Waals surface area (Å²) in [5, 5.41) is 27.7. The number of rotatable bonds is 4. The highest BCUT2D eigenvalue weighted by Gasteiger charge is 2.19. The zero-order chi connectivity index (χ0) is 18.8. The Morgan fingerprint density at radius 2 is 1.88 bits per heavy atom. The molecule has 1 unspecified atom stereocenters.